The van der Waals surface area contributed by atoms with E-state index in [1.165, 1.54) is 17.4 Å². The molecule has 0 spiro atoms. The zero-order valence-corrected chi connectivity index (χ0v) is 20.1. The van der Waals surface area contributed by atoms with Gasteiger partial charge in [0.25, 0.3) is 0 Å². The molecule has 0 saturated heterocycles. The lowest BCUT2D eigenvalue weighted by Gasteiger charge is -2.15. The molecule has 1 heterocycles. The van der Waals surface area contributed by atoms with Crippen LogP contribution in [0.25, 0.3) is 0 Å². The number of nitrogens with zero attached hydrogens (tertiary/aromatic N) is 2. The lowest BCUT2D eigenvalue weighted by atomic mass is 10.1. The molecule has 2 aromatic rings. The van der Waals surface area contributed by atoms with E-state index in [4.69, 9.17) is 11.6 Å². The van der Waals surface area contributed by atoms with Gasteiger partial charge in [-0.05, 0) is 50.8 Å². The molecule has 1 aromatic carbocycles. The van der Waals surface area contributed by atoms with Gasteiger partial charge in [0.1, 0.15) is 11.9 Å². The lowest BCUT2D eigenvalue weighted by molar-refractivity contribution is 0.184. The van der Waals surface area contributed by atoms with Gasteiger partial charge in [0.15, 0.2) is 5.96 Å². The predicted molar refractivity (Wildman–Crippen MR) is 126 cm³/mol. The molecule has 0 radical (unpaired) electrons. The Balaban J connectivity index is 0.00000392. The summed E-state index contributed by atoms with van der Waals surface area (Å²) in [7, 11) is 3.81. The Morgan fingerprint density at radius 3 is 2.64 bits per heavy atom. The van der Waals surface area contributed by atoms with Crippen molar-refractivity contribution in [2.24, 2.45) is 4.99 Å². The Hall–Kier alpha value is -0.940. The first-order valence-corrected chi connectivity index (χ1v) is 9.96. The van der Waals surface area contributed by atoms with E-state index < -0.39 is 6.10 Å². The minimum atomic E-state index is -0.663. The summed E-state index contributed by atoms with van der Waals surface area (Å²) in [6.45, 7) is 3.94. The zero-order valence-electron chi connectivity index (χ0n) is 16.2. The summed E-state index contributed by atoms with van der Waals surface area (Å²) in [4.78, 5) is 7.26. The number of halogens is 3. The minimum absolute atomic E-state index is 0. The highest BCUT2D eigenvalue weighted by molar-refractivity contribution is 14.0. The van der Waals surface area contributed by atoms with Crippen LogP contribution in [-0.2, 0) is 13.1 Å². The van der Waals surface area contributed by atoms with Gasteiger partial charge in [-0.25, -0.2) is 9.38 Å². The molecule has 5 nitrogen and oxygen atoms in total. The summed E-state index contributed by atoms with van der Waals surface area (Å²) < 4.78 is 14.5. The number of benzene rings is 1. The third kappa shape index (κ3) is 8.20. The largest absolute Gasteiger partial charge is 0.386 e. The molecule has 0 aliphatic heterocycles. The summed E-state index contributed by atoms with van der Waals surface area (Å²) in [6.07, 6.45) is -0.663. The van der Waals surface area contributed by atoms with Gasteiger partial charge in [-0.1, -0.05) is 17.7 Å². The van der Waals surface area contributed by atoms with Crippen LogP contribution in [-0.4, -0.2) is 43.2 Å². The van der Waals surface area contributed by atoms with E-state index in [1.807, 2.05) is 38.1 Å². The maximum Gasteiger partial charge on any atom is 0.191 e. The smallest absolute Gasteiger partial charge is 0.191 e. The highest BCUT2D eigenvalue weighted by atomic mass is 127. The van der Waals surface area contributed by atoms with Crippen molar-refractivity contribution in [3.63, 3.8) is 0 Å². The number of thiophene rings is 1. The van der Waals surface area contributed by atoms with Gasteiger partial charge in [0.2, 0.25) is 0 Å². The first kappa shape index (κ1) is 25.1. The van der Waals surface area contributed by atoms with E-state index in [-0.39, 0.29) is 29.8 Å². The van der Waals surface area contributed by atoms with Gasteiger partial charge in [-0.2, -0.15) is 0 Å². The molecule has 0 bridgehead atoms. The van der Waals surface area contributed by atoms with E-state index in [0.717, 1.165) is 10.4 Å². The minimum Gasteiger partial charge on any atom is -0.386 e. The number of rotatable bonds is 8. The first-order valence-electron chi connectivity index (χ1n) is 8.76. The quantitative estimate of drug-likeness (QED) is 0.269. The summed E-state index contributed by atoms with van der Waals surface area (Å²) in [5.74, 6) is 0.386. The molecule has 1 unspecified atom stereocenters. The average molecular weight is 541 g/mol. The Morgan fingerprint density at radius 1 is 1.29 bits per heavy atom. The topological polar surface area (TPSA) is 59.9 Å². The molecular formula is C19H27ClFIN4OS. The van der Waals surface area contributed by atoms with Crippen molar-refractivity contribution in [1.29, 1.82) is 0 Å². The molecule has 0 amide bonds. The second kappa shape index (κ2) is 12.6. The molecule has 0 aliphatic rings. The number of aliphatic imine (C=N–C) groups is 1. The van der Waals surface area contributed by atoms with Crippen LogP contribution in [0, 0.1) is 5.82 Å². The maximum atomic E-state index is 13.9. The van der Waals surface area contributed by atoms with Crippen molar-refractivity contribution >= 4 is 52.9 Å². The molecule has 9 heteroatoms. The fraction of sp³-hybridized carbons (Fsp3) is 0.421. The van der Waals surface area contributed by atoms with Crippen molar-refractivity contribution in [3.8, 4) is 0 Å². The fourth-order valence-electron chi connectivity index (χ4n) is 2.50. The van der Waals surface area contributed by atoms with Crippen LogP contribution < -0.4 is 10.6 Å². The third-order valence-corrected chi connectivity index (χ3v) is 5.08. The number of hydrogen-bond acceptors (Lipinski definition) is 4. The number of nitrogens with one attached hydrogen (secondary N) is 2. The van der Waals surface area contributed by atoms with Crippen LogP contribution >= 0.6 is 46.9 Å². The van der Waals surface area contributed by atoms with Crippen molar-refractivity contribution in [2.45, 2.75) is 26.1 Å². The van der Waals surface area contributed by atoms with Gasteiger partial charge in [-0.3, -0.25) is 0 Å². The first-order chi connectivity index (χ1) is 12.9. The lowest BCUT2D eigenvalue weighted by Crippen LogP contribution is -2.39. The Labute approximate surface area is 192 Å². The Bertz CT molecular complexity index is 772. The molecule has 1 atom stereocenters. The molecule has 3 N–H and O–H groups in total. The molecule has 2 rings (SSSR count). The summed E-state index contributed by atoms with van der Waals surface area (Å²) >= 11 is 7.27. The zero-order chi connectivity index (χ0) is 19.8. The number of aliphatic hydroxyl groups is 1. The molecule has 0 saturated carbocycles. The van der Waals surface area contributed by atoms with Crippen molar-refractivity contribution in [3.05, 3.63) is 56.5 Å². The normalized spacial score (nSPS) is 12.6. The van der Waals surface area contributed by atoms with Gasteiger partial charge in [0.05, 0.1) is 10.9 Å². The number of hydrogen-bond donors (Lipinski definition) is 3. The SMILES string of the molecule is CCNC(=NCc1ccc(F)c(CN(C)C)c1)NCC(O)c1ccc(Cl)s1.I. The van der Waals surface area contributed by atoms with Crippen LogP contribution in [0.5, 0.6) is 0 Å². The Kier molecular flexibility index (Phi) is 11.3. The second-order valence-electron chi connectivity index (χ2n) is 6.40. The van der Waals surface area contributed by atoms with Crippen LogP contribution in [0.1, 0.15) is 29.0 Å². The maximum absolute atomic E-state index is 13.9. The molecule has 0 fully saturated rings. The molecule has 0 aliphatic carbocycles. The van der Waals surface area contributed by atoms with E-state index in [1.54, 1.807) is 12.1 Å². The standard InChI is InChI=1S/C19H26ClFN4OS.HI/c1-4-22-19(24-11-16(26)17-7-8-18(20)27-17)23-10-13-5-6-15(21)14(9-13)12-25(2)3;/h5-9,16,26H,4,10-12H2,1-3H3,(H2,22,23,24);1H. The summed E-state index contributed by atoms with van der Waals surface area (Å²) in [6, 6.07) is 8.64. The van der Waals surface area contributed by atoms with Crippen LogP contribution in [0.4, 0.5) is 4.39 Å². The van der Waals surface area contributed by atoms with E-state index >= 15 is 0 Å². The summed E-state index contributed by atoms with van der Waals surface area (Å²) in [5.41, 5.74) is 1.58. The van der Waals surface area contributed by atoms with E-state index in [9.17, 15) is 9.50 Å². The highest BCUT2D eigenvalue weighted by Crippen LogP contribution is 2.26. The fourth-order valence-corrected chi connectivity index (χ4v) is 3.55. The predicted octanol–water partition coefficient (Wildman–Crippen LogP) is 4.01. The molecule has 1 aromatic heterocycles. The second-order valence-corrected chi connectivity index (χ2v) is 8.14. The van der Waals surface area contributed by atoms with E-state index in [2.05, 4.69) is 15.6 Å². The van der Waals surface area contributed by atoms with Gasteiger partial charge >= 0.3 is 0 Å². The molecule has 156 valence electrons. The van der Waals surface area contributed by atoms with Crippen molar-refractivity contribution in [2.75, 3.05) is 27.2 Å². The van der Waals surface area contributed by atoms with Crippen LogP contribution in [0.15, 0.2) is 35.3 Å². The van der Waals surface area contributed by atoms with Gasteiger partial charge in [0, 0.05) is 30.1 Å². The van der Waals surface area contributed by atoms with Gasteiger partial charge < -0.3 is 20.6 Å². The molecule has 28 heavy (non-hydrogen) atoms. The van der Waals surface area contributed by atoms with Crippen LogP contribution in [0.3, 0.4) is 0 Å². The highest BCUT2D eigenvalue weighted by Gasteiger charge is 2.11. The molecular weight excluding hydrogens is 514 g/mol. The van der Waals surface area contributed by atoms with Crippen molar-refractivity contribution in [1.82, 2.24) is 15.5 Å². The Morgan fingerprint density at radius 2 is 2.04 bits per heavy atom. The number of guanidine groups is 1. The third-order valence-electron chi connectivity index (χ3n) is 3.75. The van der Waals surface area contributed by atoms with Crippen molar-refractivity contribution < 1.29 is 9.50 Å². The van der Waals surface area contributed by atoms with Crippen LogP contribution in [0.2, 0.25) is 4.34 Å². The monoisotopic (exact) mass is 540 g/mol. The average Bonchev–Trinajstić information content (AvgIpc) is 3.05. The van der Waals surface area contributed by atoms with Gasteiger partial charge in [-0.15, -0.1) is 35.3 Å². The van der Waals surface area contributed by atoms with E-state index in [0.29, 0.717) is 42.0 Å². The summed E-state index contributed by atoms with van der Waals surface area (Å²) in [5, 5.41) is 16.5. The number of aliphatic hydroxyl groups excluding tert-OH is 1.